The Hall–Kier alpha value is -2.43. The van der Waals surface area contributed by atoms with Gasteiger partial charge < -0.3 is 10.1 Å². The number of nitrogens with one attached hydrogen (secondary N) is 1. The molecule has 0 aliphatic carbocycles. The van der Waals surface area contributed by atoms with Gasteiger partial charge in [0.15, 0.2) is 5.82 Å². The number of pyridine rings is 1. The molecule has 0 saturated heterocycles. The number of ether oxygens (including phenoxy) is 1. The lowest BCUT2D eigenvalue weighted by Gasteiger charge is -2.14. The summed E-state index contributed by atoms with van der Waals surface area (Å²) in [6, 6.07) is 8.41. The van der Waals surface area contributed by atoms with E-state index >= 15 is 0 Å². The Morgan fingerprint density at radius 3 is 2.81 bits per heavy atom. The van der Waals surface area contributed by atoms with Gasteiger partial charge in [0.25, 0.3) is 5.91 Å². The molecule has 0 aliphatic rings. The molecule has 0 fully saturated rings. The minimum absolute atomic E-state index is 0.0522. The number of carbonyl (C=O) groups excluding carboxylic acids is 1. The zero-order valence-corrected chi connectivity index (χ0v) is 12.0. The number of hydrogen-bond acceptors (Lipinski definition) is 3. The third kappa shape index (κ3) is 4.02. The van der Waals surface area contributed by atoms with Gasteiger partial charge in [-0.2, -0.15) is 0 Å². The summed E-state index contributed by atoms with van der Waals surface area (Å²) >= 11 is 0. The first-order valence-electron chi connectivity index (χ1n) is 6.70. The van der Waals surface area contributed by atoms with Crippen LogP contribution in [0.3, 0.4) is 0 Å². The van der Waals surface area contributed by atoms with Crippen molar-refractivity contribution in [3.63, 3.8) is 0 Å². The quantitative estimate of drug-likeness (QED) is 0.916. The molecule has 0 spiro atoms. The number of rotatable bonds is 5. The van der Waals surface area contributed by atoms with Crippen LogP contribution in [-0.4, -0.2) is 17.5 Å². The lowest BCUT2D eigenvalue weighted by molar-refractivity contribution is 0.102. The molecule has 2 rings (SSSR count). The number of nitrogens with zero attached hydrogens (tertiary/aromatic N) is 1. The predicted octanol–water partition coefficient (Wildman–Crippen LogP) is 3.51. The summed E-state index contributed by atoms with van der Waals surface area (Å²) in [6.07, 6.45) is 2.38. The van der Waals surface area contributed by atoms with Crippen LogP contribution in [0.15, 0.2) is 42.7 Å². The van der Waals surface area contributed by atoms with Crippen molar-refractivity contribution in [2.24, 2.45) is 5.92 Å². The Labute approximate surface area is 123 Å². The number of hydrogen-bond donors (Lipinski definition) is 1. The normalized spacial score (nSPS) is 10.5. The SMILES string of the molecule is CC(C)COc1ccccc1NC(=O)c1ccncc1F. The van der Waals surface area contributed by atoms with E-state index in [1.165, 1.54) is 12.3 Å². The fourth-order valence-electron chi connectivity index (χ4n) is 1.70. The van der Waals surface area contributed by atoms with Crippen LogP contribution in [0.2, 0.25) is 0 Å². The van der Waals surface area contributed by atoms with E-state index in [1.54, 1.807) is 18.2 Å². The fourth-order valence-corrected chi connectivity index (χ4v) is 1.70. The molecule has 1 N–H and O–H groups in total. The number of benzene rings is 1. The van der Waals surface area contributed by atoms with Crippen LogP contribution >= 0.6 is 0 Å². The van der Waals surface area contributed by atoms with E-state index in [4.69, 9.17) is 4.74 Å². The summed E-state index contributed by atoms with van der Waals surface area (Å²) in [7, 11) is 0. The topological polar surface area (TPSA) is 51.2 Å². The maximum absolute atomic E-state index is 13.5. The van der Waals surface area contributed by atoms with Crippen LogP contribution in [0, 0.1) is 11.7 Å². The van der Waals surface area contributed by atoms with Crippen LogP contribution < -0.4 is 10.1 Å². The number of aromatic nitrogens is 1. The Morgan fingerprint density at radius 2 is 2.10 bits per heavy atom. The Kier molecular flexibility index (Phi) is 4.87. The maximum atomic E-state index is 13.5. The largest absolute Gasteiger partial charge is 0.491 e. The average molecular weight is 288 g/mol. The maximum Gasteiger partial charge on any atom is 0.258 e. The van der Waals surface area contributed by atoms with E-state index < -0.39 is 11.7 Å². The molecule has 1 aromatic carbocycles. The molecule has 110 valence electrons. The lowest BCUT2D eigenvalue weighted by Crippen LogP contribution is -2.15. The van der Waals surface area contributed by atoms with Crippen molar-refractivity contribution in [1.82, 2.24) is 4.98 Å². The van der Waals surface area contributed by atoms with Gasteiger partial charge in [0.05, 0.1) is 24.1 Å². The van der Waals surface area contributed by atoms with Crippen LogP contribution in [0.25, 0.3) is 0 Å². The van der Waals surface area contributed by atoms with Crippen molar-refractivity contribution in [2.75, 3.05) is 11.9 Å². The van der Waals surface area contributed by atoms with E-state index in [0.717, 1.165) is 6.20 Å². The van der Waals surface area contributed by atoms with Gasteiger partial charge in [0.2, 0.25) is 0 Å². The minimum Gasteiger partial charge on any atom is -0.491 e. The van der Waals surface area contributed by atoms with Crippen molar-refractivity contribution in [3.8, 4) is 5.75 Å². The van der Waals surface area contributed by atoms with Crippen LogP contribution in [-0.2, 0) is 0 Å². The third-order valence-electron chi connectivity index (χ3n) is 2.72. The number of anilines is 1. The van der Waals surface area contributed by atoms with Crippen LogP contribution in [0.4, 0.5) is 10.1 Å². The summed E-state index contributed by atoms with van der Waals surface area (Å²) in [5.41, 5.74) is 0.461. The first-order valence-corrected chi connectivity index (χ1v) is 6.70. The Morgan fingerprint density at radius 1 is 1.33 bits per heavy atom. The van der Waals surface area contributed by atoms with Gasteiger partial charge in [-0.15, -0.1) is 0 Å². The zero-order chi connectivity index (χ0) is 15.2. The molecule has 1 aromatic heterocycles. The van der Waals surface area contributed by atoms with Gasteiger partial charge in [-0.25, -0.2) is 4.39 Å². The molecule has 0 aliphatic heterocycles. The number of para-hydroxylation sites is 2. The zero-order valence-electron chi connectivity index (χ0n) is 12.0. The second-order valence-electron chi connectivity index (χ2n) is 5.01. The second kappa shape index (κ2) is 6.83. The number of carbonyl (C=O) groups is 1. The molecule has 4 nitrogen and oxygen atoms in total. The standard InChI is InChI=1S/C16H17FN2O2/c1-11(2)10-21-15-6-4-3-5-14(15)19-16(20)12-7-8-18-9-13(12)17/h3-9,11H,10H2,1-2H3,(H,19,20). The van der Waals surface area contributed by atoms with E-state index in [1.807, 2.05) is 19.9 Å². The summed E-state index contributed by atoms with van der Waals surface area (Å²) in [5.74, 6) is -0.258. The van der Waals surface area contributed by atoms with Crippen LogP contribution in [0.1, 0.15) is 24.2 Å². The molecular formula is C16H17FN2O2. The summed E-state index contributed by atoms with van der Waals surface area (Å²) in [6.45, 7) is 4.61. The molecule has 21 heavy (non-hydrogen) atoms. The Bertz CT molecular complexity index is 629. The molecule has 0 unspecified atom stereocenters. The molecular weight excluding hydrogens is 271 g/mol. The highest BCUT2D eigenvalue weighted by molar-refractivity contribution is 6.05. The van der Waals surface area contributed by atoms with Gasteiger partial charge in [-0.1, -0.05) is 26.0 Å². The van der Waals surface area contributed by atoms with Gasteiger partial charge >= 0.3 is 0 Å². The fraction of sp³-hybridized carbons (Fsp3) is 0.250. The predicted molar refractivity (Wildman–Crippen MR) is 78.9 cm³/mol. The molecule has 2 aromatic rings. The highest BCUT2D eigenvalue weighted by atomic mass is 19.1. The van der Waals surface area contributed by atoms with Crippen molar-refractivity contribution < 1.29 is 13.9 Å². The second-order valence-corrected chi connectivity index (χ2v) is 5.01. The first kappa shape index (κ1) is 15.0. The molecule has 0 saturated carbocycles. The van der Waals surface area contributed by atoms with E-state index in [-0.39, 0.29) is 5.56 Å². The molecule has 0 atom stereocenters. The number of amides is 1. The van der Waals surface area contributed by atoms with Crippen molar-refractivity contribution in [1.29, 1.82) is 0 Å². The van der Waals surface area contributed by atoms with Crippen molar-refractivity contribution in [2.45, 2.75) is 13.8 Å². The third-order valence-corrected chi connectivity index (χ3v) is 2.72. The van der Waals surface area contributed by atoms with Gasteiger partial charge in [-0.05, 0) is 24.1 Å². The number of halogens is 1. The Balaban J connectivity index is 2.16. The molecule has 0 bridgehead atoms. The molecule has 1 amide bonds. The smallest absolute Gasteiger partial charge is 0.258 e. The summed E-state index contributed by atoms with van der Waals surface area (Å²) in [4.78, 5) is 15.7. The highest BCUT2D eigenvalue weighted by Crippen LogP contribution is 2.25. The minimum atomic E-state index is -0.657. The molecule has 5 heteroatoms. The van der Waals surface area contributed by atoms with Crippen molar-refractivity contribution in [3.05, 3.63) is 54.1 Å². The van der Waals surface area contributed by atoms with Crippen LogP contribution in [0.5, 0.6) is 5.75 Å². The monoisotopic (exact) mass is 288 g/mol. The average Bonchev–Trinajstić information content (AvgIpc) is 2.46. The van der Waals surface area contributed by atoms with Gasteiger partial charge in [0, 0.05) is 6.20 Å². The molecule has 1 heterocycles. The molecule has 0 radical (unpaired) electrons. The van der Waals surface area contributed by atoms with E-state index in [9.17, 15) is 9.18 Å². The van der Waals surface area contributed by atoms with Crippen molar-refractivity contribution >= 4 is 11.6 Å². The highest BCUT2D eigenvalue weighted by Gasteiger charge is 2.13. The van der Waals surface area contributed by atoms with Gasteiger partial charge in [0.1, 0.15) is 5.75 Å². The van der Waals surface area contributed by atoms with Gasteiger partial charge in [-0.3, -0.25) is 9.78 Å². The lowest BCUT2D eigenvalue weighted by atomic mass is 10.2. The summed E-state index contributed by atoms with van der Waals surface area (Å²) < 4.78 is 19.2. The van der Waals surface area contributed by atoms with E-state index in [2.05, 4.69) is 10.3 Å². The first-order chi connectivity index (χ1) is 10.1. The van der Waals surface area contributed by atoms with E-state index in [0.29, 0.717) is 24.0 Å². The summed E-state index contributed by atoms with van der Waals surface area (Å²) in [5, 5.41) is 2.66.